The van der Waals surface area contributed by atoms with E-state index < -0.39 is 23.6 Å². The minimum atomic E-state index is -1.74. The molecule has 2 aliphatic carbocycles. The van der Waals surface area contributed by atoms with Gasteiger partial charge < -0.3 is 20.1 Å². The number of benzene rings is 1. The summed E-state index contributed by atoms with van der Waals surface area (Å²) in [6, 6.07) is 2.62. The van der Waals surface area contributed by atoms with E-state index in [4.69, 9.17) is 4.98 Å². The van der Waals surface area contributed by atoms with Crippen molar-refractivity contribution < 1.29 is 24.2 Å². The monoisotopic (exact) mass is 583 g/mol. The molecule has 8 nitrogen and oxygen atoms in total. The molecule has 0 saturated carbocycles. The number of carbonyl (C=O) groups is 2. The molecule has 3 N–H and O–H groups in total. The molecule has 198 valence electrons. The minimum absolute atomic E-state index is 0.0527. The number of Topliss-reactive ketones (excluding diaryl/α,β-unsaturated/α-hetero) is 1. The molecule has 0 saturated heterocycles. The molecule has 10 heteroatoms. The predicted octanol–water partition coefficient (Wildman–Crippen LogP) is 3.31. The number of aliphatic hydroxyl groups is 2. The second kappa shape index (κ2) is 8.79. The number of aromatic nitrogens is 2. The molecule has 1 aliphatic heterocycles. The lowest BCUT2D eigenvalue weighted by Gasteiger charge is -2.32. The molecule has 0 bridgehead atoms. The summed E-state index contributed by atoms with van der Waals surface area (Å²) in [6.07, 6.45) is 0.668. The highest BCUT2D eigenvalue weighted by Gasteiger charge is 2.44. The number of pyridine rings is 2. The third-order valence-corrected chi connectivity index (χ3v) is 9.09. The Kier molecular flexibility index (Phi) is 5.86. The quantitative estimate of drug-likeness (QED) is 0.339. The number of nitrogens with zero attached hydrogens (tertiary/aromatic N) is 2. The lowest BCUT2D eigenvalue weighted by molar-refractivity contribution is -0.140. The Hall–Kier alpha value is -2.95. The number of nitrogens with one attached hydrogen (secondary N) is 1. The highest BCUT2D eigenvalue weighted by molar-refractivity contribution is 9.10. The third-order valence-electron chi connectivity index (χ3n) is 8.24. The first kappa shape index (κ1) is 25.3. The Labute approximate surface area is 226 Å². The number of carbonyl (C=O) groups excluding carboxylic acids is 2. The van der Waals surface area contributed by atoms with E-state index in [1.807, 2.05) is 0 Å². The third kappa shape index (κ3) is 3.53. The highest BCUT2D eigenvalue weighted by atomic mass is 79.9. The van der Waals surface area contributed by atoms with E-state index in [-0.39, 0.29) is 49.5 Å². The van der Waals surface area contributed by atoms with Crippen molar-refractivity contribution in [2.75, 3.05) is 0 Å². The normalized spacial score (nSPS) is 22.2. The summed E-state index contributed by atoms with van der Waals surface area (Å²) >= 11 is 3.39. The van der Waals surface area contributed by atoms with Gasteiger partial charge in [0.05, 0.1) is 46.5 Å². The number of hydrogen-bond donors (Lipinski definition) is 3. The average Bonchev–Trinajstić information content (AvgIpc) is 3.24. The summed E-state index contributed by atoms with van der Waals surface area (Å²) in [5, 5.41) is 24.8. The summed E-state index contributed by atoms with van der Waals surface area (Å²) in [5.41, 5.74) is 2.39. The van der Waals surface area contributed by atoms with Crippen molar-refractivity contribution in [3.05, 3.63) is 60.6 Å². The van der Waals surface area contributed by atoms with E-state index in [1.54, 1.807) is 24.5 Å². The van der Waals surface area contributed by atoms with E-state index in [1.165, 1.54) is 6.07 Å². The fourth-order valence-electron chi connectivity index (χ4n) is 6.40. The van der Waals surface area contributed by atoms with E-state index in [9.17, 15) is 29.0 Å². The van der Waals surface area contributed by atoms with Gasteiger partial charge >= 0.3 is 0 Å². The number of fused-ring (bicyclic) bond motifs is 5. The smallest absolute Gasteiger partial charge is 0.254 e. The van der Waals surface area contributed by atoms with E-state index in [0.29, 0.717) is 45.3 Å². The Morgan fingerprint density at radius 3 is 2.74 bits per heavy atom. The maximum absolute atomic E-state index is 14.9. The molecule has 3 aliphatic rings. The number of halogens is 2. The van der Waals surface area contributed by atoms with Crippen LogP contribution in [0.4, 0.5) is 4.39 Å². The standard InChI is InChI=1S/C28H27BrFN3O5/c1-3-28(38)16-9-20-26-15(11-33(20)27(37)13(16)5-7-21(28)35)24-18(31-22(36)8-12(2)34)6-4-14-23(24)19(32-26)10-17(30)25(14)29/h9-10,12,18,34,38H,3-8,11H2,1-2H3,(H,31,36)/t12-,18-,28+/m1/s1. The Bertz CT molecular complexity index is 1630. The van der Waals surface area contributed by atoms with Crippen LogP contribution >= 0.6 is 15.9 Å². The van der Waals surface area contributed by atoms with Crippen molar-refractivity contribution in [3.8, 4) is 11.4 Å². The van der Waals surface area contributed by atoms with Crippen LogP contribution in [0, 0.1) is 5.82 Å². The topological polar surface area (TPSA) is 122 Å². The molecule has 6 rings (SSSR count). The summed E-state index contributed by atoms with van der Waals surface area (Å²) in [6.45, 7) is 3.47. The highest BCUT2D eigenvalue weighted by Crippen LogP contribution is 2.46. The van der Waals surface area contributed by atoms with Crippen LogP contribution < -0.4 is 10.9 Å². The SMILES string of the molecule is CC[C@@]1(O)C(=O)CCc2c1cc1n(c2=O)Cc2c-1nc1cc(F)c(Br)c3c1c2[C@H](NC(=O)C[C@@H](C)O)CC3. The van der Waals surface area contributed by atoms with E-state index >= 15 is 0 Å². The molecule has 1 amide bonds. The van der Waals surface area contributed by atoms with Gasteiger partial charge in [-0.25, -0.2) is 9.37 Å². The van der Waals surface area contributed by atoms with Gasteiger partial charge in [-0.3, -0.25) is 14.4 Å². The first-order valence-electron chi connectivity index (χ1n) is 12.9. The lowest BCUT2D eigenvalue weighted by atomic mass is 9.77. The van der Waals surface area contributed by atoms with Gasteiger partial charge in [0.25, 0.3) is 5.56 Å². The molecule has 3 atom stereocenters. The van der Waals surface area contributed by atoms with Crippen LogP contribution in [-0.4, -0.2) is 37.6 Å². The Balaban J connectivity index is 1.61. The van der Waals surface area contributed by atoms with Gasteiger partial charge in [0.1, 0.15) is 11.4 Å². The maximum atomic E-state index is 14.9. The van der Waals surface area contributed by atoms with Crippen molar-refractivity contribution in [3.63, 3.8) is 0 Å². The van der Waals surface area contributed by atoms with Crippen LogP contribution in [0.1, 0.15) is 73.4 Å². The second-order valence-electron chi connectivity index (χ2n) is 10.6. The van der Waals surface area contributed by atoms with E-state index in [0.717, 1.165) is 22.1 Å². The number of ketones is 1. The second-order valence-corrected chi connectivity index (χ2v) is 11.4. The van der Waals surface area contributed by atoms with Gasteiger partial charge in [0.2, 0.25) is 5.91 Å². The van der Waals surface area contributed by atoms with Crippen molar-refractivity contribution >= 4 is 38.5 Å². The van der Waals surface area contributed by atoms with Crippen LogP contribution in [0.5, 0.6) is 0 Å². The van der Waals surface area contributed by atoms with Gasteiger partial charge in [-0.1, -0.05) is 6.92 Å². The molecule has 38 heavy (non-hydrogen) atoms. The average molecular weight is 584 g/mol. The van der Waals surface area contributed by atoms with Crippen LogP contribution in [0.25, 0.3) is 22.3 Å². The molecule has 3 heterocycles. The van der Waals surface area contributed by atoms with Crippen molar-refractivity contribution in [1.29, 1.82) is 0 Å². The number of aliphatic hydroxyl groups excluding tert-OH is 1. The first-order chi connectivity index (χ1) is 18.0. The van der Waals surface area contributed by atoms with Crippen LogP contribution in [-0.2, 0) is 34.6 Å². The number of aryl methyl sites for hydroxylation is 1. The van der Waals surface area contributed by atoms with E-state index in [2.05, 4.69) is 21.2 Å². The summed E-state index contributed by atoms with van der Waals surface area (Å²) in [5.74, 6) is -1.06. The number of rotatable bonds is 4. The van der Waals surface area contributed by atoms with Gasteiger partial charge in [-0.05, 0) is 65.7 Å². The first-order valence-corrected chi connectivity index (χ1v) is 13.7. The zero-order chi connectivity index (χ0) is 27.1. The van der Waals surface area contributed by atoms with Crippen LogP contribution in [0.2, 0.25) is 0 Å². The van der Waals surface area contributed by atoms with Gasteiger partial charge in [0, 0.05) is 34.6 Å². The Morgan fingerprint density at radius 2 is 2.03 bits per heavy atom. The van der Waals surface area contributed by atoms with Crippen molar-refractivity contribution in [1.82, 2.24) is 14.9 Å². The fraction of sp³-hybridized carbons (Fsp3) is 0.429. The minimum Gasteiger partial charge on any atom is -0.393 e. The van der Waals surface area contributed by atoms with Crippen molar-refractivity contribution in [2.45, 2.75) is 76.7 Å². The number of amides is 1. The van der Waals surface area contributed by atoms with Gasteiger partial charge in [0.15, 0.2) is 5.78 Å². The fourth-order valence-corrected chi connectivity index (χ4v) is 6.91. The molecule has 2 aromatic heterocycles. The summed E-state index contributed by atoms with van der Waals surface area (Å²) in [4.78, 5) is 43.9. The molecule has 0 fully saturated rings. The zero-order valence-corrected chi connectivity index (χ0v) is 22.6. The molecular weight excluding hydrogens is 557 g/mol. The zero-order valence-electron chi connectivity index (χ0n) is 21.0. The molecule has 3 aromatic rings. The summed E-state index contributed by atoms with van der Waals surface area (Å²) in [7, 11) is 0. The Morgan fingerprint density at radius 1 is 1.26 bits per heavy atom. The predicted molar refractivity (Wildman–Crippen MR) is 141 cm³/mol. The molecule has 1 aromatic carbocycles. The molecule has 0 radical (unpaired) electrons. The number of hydrogen-bond acceptors (Lipinski definition) is 6. The molecule has 0 unspecified atom stereocenters. The maximum Gasteiger partial charge on any atom is 0.254 e. The van der Waals surface area contributed by atoms with Gasteiger partial charge in [-0.2, -0.15) is 0 Å². The van der Waals surface area contributed by atoms with Crippen LogP contribution in [0.3, 0.4) is 0 Å². The van der Waals surface area contributed by atoms with Crippen LogP contribution in [0.15, 0.2) is 21.4 Å². The molecule has 0 spiro atoms. The van der Waals surface area contributed by atoms with Crippen molar-refractivity contribution in [2.24, 2.45) is 0 Å². The molecular formula is C28H27BrFN3O5. The summed E-state index contributed by atoms with van der Waals surface area (Å²) < 4.78 is 16.9. The largest absolute Gasteiger partial charge is 0.393 e. The lowest BCUT2D eigenvalue weighted by Crippen LogP contribution is -2.43. The van der Waals surface area contributed by atoms with Gasteiger partial charge in [-0.15, -0.1) is 0 Å².